The first kappa shape index (κ1) is 17.1. The Bertz CT molecular complexity index is 455. The van der Waals surface area contributed by atoms with Crippen LogP contribution in [0, 0.1) is 0 Å². The Balaban J connectivity index is 2.37. The molecule has 1 rings (SSSR count). The number of hydrogen-bond acceptors (Lipinski definition) is 5. The van der Waals surface area contributed by atoms with Crippen LogP contribution in [0.2, 0.25) is 0 Å². The maximum absolute atomic E-state index is 11.6. The zero-order chi connectivity index (χ0) is 15.7. The zero-order valence-corrected chi connectivity index (χ0v) is 12.6. The minimum absolute atomic E-state index is 0.0966. The number of likely N-dealkylation sites (N-methyl/N-ethyl adjacent to an activating group) is 1. The summed E-state index contributed by atoms with van der Waals surface area (Å²) < 4.78 is 1.78. The first-order valence-corrected chi connectivity index (χ1v) is 7.10. The van der Waals surface area contributed by atoms with Crippen LogP contribution >= 0.6 is 0 Å². The molecule has 0 unspecified atom stereocenters. The first-order valence-electron chi connectivity index (χ1n) is 7.10. The average molecular weight is 296 g/mol. The molecular formula is C13H24N6O2. The second-order valence-electron chi connectivity index (χ2n) is 4.55. The Hall–Kier alpha value is -1.93. The van der Waals surface area contributed by atoms with Gasteiger partial charge >= 0.3 is 0 Å². The zero-order valence-electron chi connectivity index (χ0n) is 12.6. The molecule has 0 aliphatic rings. The van der Waals surface area contributed by atoms with Crippen molar-refractivity contribution in [3.05, 3.63) is 12.4 Å². The molecule has 1 heterocycles. The summed E-state index contributed by atoms with van der Waals surface area (Å²) in [6.07, 6.45) is 3.36. The van der Waals surface area contributed by atoms with Crippen LogP contribution < -0.4 is 16.4 Å². The molecule has 2 amide bonds. The van der Waals surface area contributed by atoms with Gasteiger partial charge in [0.1, 0.15) is 0 Å². The van der Waals surface area contributed by atoms with Gasteiger partial charge < -0.3 is 21.3 Å². The summed E-state index contributed by atoms with van der Waals surface area (Å²) >= 11 is 0. The fourth-order valence-corrected chi connectivity index (χ4v) is 1.79. The molecule has 8 nitrogen and oxygen atoms in total. The maximum Gasteiger partial charge on any atom is 0.243 e. The Labute approximate surface area is 124 Å². The predicted octanol–water partition coefficient (Wildman–Crippen LogP) is -0.762. The van der Waals surface area contributed by atoms with Crippen LogP contribution in [0.1, 0.15) is 13.8 Å². The molecule has 21 heavy (non-hydrogen) atoms. The lowest BCUT2D eigenvalue weighted by Gasteiger charge is -2.17. The average Bonchev–Trinajstić information content (AvgIpc) is 2.93. The molecule has 0 radical (unpaired) electrons. The van der Waals surface area contributed by atoms with Crippen molar-refractivity contribution in [1.82, 2.24) is 20.0 Å². The Morgan fingerprint density at radius 2 is 2.05 bits per heavy atom. The first-order chi connectivity index (χ1) is 10.1. The van der Waals surface area contributed by atoms with E-state index in [9.17, 15) is 9.59 Å². The van der Waals surface area contributed by atoms with E-state index in [0.717, 1.165) is 26.2 Å². The molecule has 4 N–H and O–H groups in total. The molecule has 118 valence electrons. The van der Waals surface area contributed by atoms with Crippen molar-refractivity contribution in [2.75, 3.05) is 38.0 Å². The summed E-state index contributed by atoms with van der Waals surface area (Å²) in [4.78, 5) is 24.8. The highest BCUT2D eigenvalue weighted by molar-refractivity contribution is 5.94. The quantitative estimate of drug-likeness (QED) is 0.555. The fraction of sp³-hybridized carbons (Fsp3) is 0.615. The molecule has 8 heteroatoms. The summed E-state index contributed by atoms with van der Waals surface area (Å²) in [5, 5.41) is 9.26. The van der Waals surface area contributed by atoms with Crippen LogP contribution in [0.5, 0.6) is 0 Å². The number of nitrogens with one attached hydrogen (secondary N) is 2. The van der Waals surface area contributed by atoms with Gasteiger partial charge in [-0.1, -0.05) is 13.8 Å². The van der Waals surface area contributed by atoms with Gasteiger partial charge in [-0.25, -0.2) is 0 Å². The highest BCUT2D eigenvalue weighted by Crippen LogP contribution is 2.04. The maximum atomic E-state index is 11.6. The molecule has 1 aromatic heterocycles. The summed E-state index contributed by atoms with van der Waals surface area (Å²) in [7, 11) is 0. The van der Waals surface area contributed by atoms with Crippen molar-refractivity contribution in [2.24, 2.45) is 5.73 Å². The van der Waals surface area contributed by atoms with Crippen molar-refractivity contribution in [3.8, 4) is 0 Å². The molecule has 0 atom stereocenters. The van der Waals surface area contributed by atoms with E-state index < -0.39 is 0 Å². The molecule has 0 aliphatic heterocycles. The predicted molar refractivity (Wildman–Crippen MR) is 80.7 cm³/mol. The van der Waals surface area contributed by atoms with Gasteiger partial charge in [0.05, 0.1) is 31.5 Å². The molecule has 0 spiro atoms. The van der Waals surface area contributed by atoms with E-state index in [-0.39, 0.29) is 24.9 Å². The number of amides is 2. The third-order valence-corrected chi connectivity index (χ3v) is 3.09. The third-order valence-electron chi connectivity index (χ3n) is 3.09. The van der Waals surface area contributed by atoms with E-state index >= 15 is 0 Å². The standard InChI is InChI=1S/C13H24N6O2/c1-3-18(4-2)5-6-19-10-11(8-16-19)17-13(21)9-15-12(20)7-14/h8,10H,3-7,9,14H2,1-2H3,(H,15,20)(H,17,21). The minimum atomic E-state index is -0.361. The van der Waals surface area contributed by atoms with Crippen LogP contribution in [-0.4, -0.2) is 59.2 Å². The SMILES string of the molecule is CCN(CC)CCn1cc(NC(=O)CNC(=O)CN)cn1. The van der Waals surface area contributed by atoms with Crippen molar-refractivity contribution in [2.45, 2.75) is 20.4 Å². The Morgan fingerprint density at radius 3 is 2.67 bits per heavy atom. The van der Waals surface area contributed by atoms with Gasteiger partial charge in [-0.3, -0.25) is 14.3 Å². The molecular weight excluding hydrogens is 272 g/mol. The Morgan fingerprint density at radius 1 is 1.33 bits per heavy atom. The summed E-state index contributed by atoms with van der Waals surface area (Å²) in [5.74, 6) is -0.667. The van der Waals surface area contributed by atoms with Crippen molar-refractivity contribution in [1.29, 1.82) is 0 Å². The second kappa shape index (κ2) is 9.09. The largest absolute Gasteiger partial charge is 0.346 e. The molecule has 1 aromatic rings. The van der Waals surface area contributed by atoms with Crippen LogP contribution in [0.4, 0.5) is 5.69 Å². The molecule has 0 aromatic carbocycles. The highest BCUT2D eigenvalue weighted by atomic mass is 16.2. The summed E-state index contributed by atoms with van der Waals surface area (Å²) in [5.41, 5.74) is 5.75. The summed E-state index contributed by atoms with van der Waals surface area (Å²) in [6, 6.07) is 0. The molecule has 0 saturated heterocycles. The van der Waals surface area contributed by atoms with Crippen molar-refractivity contribution < 1.29 is 9.59 Å². The number of hydrogen-bond donors (Lipinski definition) is 3. The lowest BCUT2D eigenvalue weighted by molar-refractivity contribution is -0.123. The molecule has 0 aliphatic carbocycles. The van der Waals surface area contributed by atoms with Gasteiger partial charge in [-0.2, -0.15) is 5.10 Å². The van der Waals surface area contributed by atoms with E-state index in [2.05, 4.69) is 34.5 Å². The fourth-order valence-electron chi connectivity index (χ4n) is 1.79. The monoisotopic (exact) mass is 296 g/mol. The van der Waals surface area contributed by atoms with Gasteiger partial charge in [0, 0.05) is 12.7 Å². The van der Waals surface area contributed by atoms with E-state index in [1.165, 1.54) is 0 Å². The van der Waals surface area contributed by atoms with Gasteiger partial charge in [0.2, 0.25) is 11.8 Å². The number of carbonyl (C=O) groups excluding carboxylic acids is 2. The van der Waals surface area contributed by atoms with Gasteiger partial charge in [-0.05, 0) is 13.1 Å². The second-order valence-corrected chi connectivity index (χ2v) is 4.55. The minimum Gasteiger partial charge on any atom is -0.346 e. The van der Waals surface area contributed by atoms with Crippen LogP contribution in [0.25, 0.3) is 0 Å². The van der Waals surface area contributed by atoms with Crippen molar-refractivity contribution >= 4 is 17.5 Å². The normalized spacial score (nSPS) is 10.7. The molecule has 0 saturated carbocycles. The number of aromatic nitrogens is 2. The number of carbonyl (C=O) groups is 2. The van der Waals surface area contributed by atoms with E-state index in [1.54, 1.807) is 17.1 Å². The van der Waals surface area contributed by atoms with E-state index in [4.69, 9.17) is 5.73 Å². The summed E-state index contributed by atoms with van der Waals surface area (Å²) in [6.45, 7) is 7.69. The van der Waals surface area contributed by atoms with Gasteiger partial charge in [-0.15, -0.1) is 0 Å². The van der Waals surface area contributed by atoms with E-state index in [1.807, 2.05) is 0 Å². The highest BCUT2D eigenvalue weighted by Gasteiger charge is 2.07. The van der Waals surface area contributed by atoms with Crippen LogP contribution in [0.3, 0.4) is 0 Å². The number of nitrogens with zero attached hydrogens (tertiary/aromatic N) is 3. The number of rotatable bonds is 9. The van der Waals surface area contributed by atoms with E-state index in [0.29, 0.717) is 5.69 Å². The van der Waals surface area contributed by atoms with Crippen LogP contribution in [0.15, 0.2) is 12.4 Å². The number of anilines is 1. The topological polar surface area (TPSA) is 105 Å². The lowest BCUT2D eigenvalue weighted by atomic mass is 10.4. The molecule has 0 fully saturated rings. The molecule has 0 bridgehead atoms. The smallest absolute Gasteiger partial charge is 0.243 e. The number of nitrogens with two attached hydrogens (primary N) is 1. The van der Waals surface area contributed by atoms with Crippen molar-refractivity contribution in [3.63, 3.8) is 0 Å². The van der Waals surface area contributed by atoms with Gasteiger partial charge in [0.25, 0.3) is 0 Å². The Kier molecular flexibility index (Phi) is 7.41. The van der Waals surface area contributed by atoms with Gasteiger partial charge in [0.15, 0.2) is 0 Å². The lowest BCUT2D eigenvalue weighted by Crippen LogP contribution is -2.36. The third kappa shape index (κ3) is 6.37. The van der Waals surface area contributed by atoms with Crippen LogP contribution in [-0.2, 0) is 16.1 Å².